The smallest absolute Gasteiger partial charge is 0.347 e. The summed E-state index contributed by atoms with van der Waals surface area (Å²) in [5.41, 5.74) is 2.79. The lowest BCUT2D eigenvalue weighted by Gasteiger charge is -1.96. The predicted molar refractivity (Wildman–Crippen MR) is 60.7 cm³/mol. The summed E-state index contributed by atoms with van der Waals surface area (Å²) in [5.74, 6) is -0.942. The molecule has 2 heterocycles. The van der Waals surface area contributed by atoms with Crippen LogP contribution >= 0.6 is 11.3 Å². The molecule has 2 aromatic rings. The lowest BCUT2D eigenvalue weighted by molar-refractivity contribution is 0.0702. The maximum Gasteiger partial charge on any atom is 0.347 e. The number of rotatable bonds is 2. The average molecular weight is 237 g/mol. The molecule has 0 saturated heterocycles. The van der Waals surface area contributed by atoms with Crippen molar-refractivity contribution in [2.75, 3.05) is 0 Å². The van der Waals surface area contributed by atoms with Gasteiger partial charge >= 0.3 is 5.97 Å². The van der Waals surface area contributed by atoms with Crippen LogP contribution in [0.25, 0.3) is 10.6 Å². The number of thiazole rings is 1. The van der Waals surface area contributed by atoms with Crippen LogP contribution in [0, 0.1) is 13.8 Å². The maximum absolute atomic E-state index is 10.8. The lowest BCUT2D eigenvalue weighted by Crippen LogP contribution is -1.92. The molecule has 84 valence electrons. The molecule has 0 saturated carbocycles. The lowest BCUT2D eigenvalue weighted by atomic mass is 10.2. The van der Waals surface area contributed by atoms with Gasteiger partial charge in [-0.05, 0) is 13.8 Å². The number of nitrogens with zero attached hydrogens (tertiary/aromatic N) is 3. The molecule has 0 aliphatic heterocycles. The third-order valence-corrected chi connectivity index (χ3v) is 3.44. The van der Waals surface area contributed by atoms with Crippen LogP contribution in [0.2, 0.25) is 0 Å². The summed E-state index contributed by atoms with van der Waals surface area (Å²) in [6, 6.07) is 0. The molecular weight excluding hydrogens is 226 g/mol. The highest BCUT2D eigenvalue weighted by Crippen LogP contribution is 2.30. The highest BCUT2D eigenvalue weighted by Gasteiger charge is 2.16. The van der Waals surface area contributed by atoms with E-state index in [0.717, 1.165) is 17.0 Å². The highest BCUT2D eigenvalue weighted by atomic mass is 32.1. The van der Waals surface area contributed by atoms with Crippen LogP contribution in [0.3, 0.4) is 0 Å². The molecule has 0 unspecified atom stereocenters. The van der Waals surface area contributed by atoms with Crippen molar-refractivity contribution in [1.82, 2.24) is 14.8 Å². The van der Waals surface area contributed by atoms with Gasteiger partial charge in [-0.25, -0.2) is 9.78 Å². The number of aromatic nitrogens is 3. The molecule has 0 atom stereocenters. The van der Waals surface area contributed by atoms with Crippen LogP contribution in [0.15, 0.2) is 6.20 Å². The molecule has 1 N–H and O–H groups in total. The number of carboxylic acid groups (broad SMARTS) is 1. The molecule has 0 aliphatic rings. The summed E-state index contributed by atoms with van der Waals surface area (Å²) in [5, 5.41) is 13.8. The number of carbonyl (C=O) groups is 1. The van der Waals surface area contributed by atoms with Gasteiger partial charge in [0.25, 0.3) is 0 Å². The Bertz CT molecular complexity index is 556. The van der Waals surface area contributed by atoms with Crippen LogP contribution in [-0.4, -0.2) is 25.8 Å². The Balaban J connectivity index is 2.54. The first kappa shape index (κ1) is 10.8. The van der Waals surface area contributed by atoms with Crippen molar-refractivity contribution in [3.63, 3.8) is 0 Å². The van der Waals surface area contributed by atoms with E-state index in [1.54, 1.807) is 4.68 Å². The van der Waals surface area contributed by atoms with Crippen molar-refractivity contribution < 1.29 is 9.90 Å². The van der Waals surface area contributed by atoms with Gasteiger partial charge in [0, 0.05) is 12.7 Å². The Morgan fingerprint density at radius 2 is 2.19 bits per heavy atom. The minimum atomic E-state index is -0.942. The van der Waals surface area contributed by atoms with Gasteiger partial charge in [-0.2, -0.15) is 5.10 Å². The molecule has 0 aliphatic carbocycles. The second-order valence-corrected chi connectivity index (χ2v) is 4.53. The summed E-state index contributed by atoms with van der Waals surface area (Å²) in [4.78, 5) is 15.1. The second-order valence-electron chi connectivity index (χ2n) is 3.50. The third-order valence-electron chi connectivity index (χ3n) is 2.44. The number of hydrogen-bond donors (Lipinski definition) is 1. The van der Waals surface area contributed by atoms with E-state index in [-0.39, 0.29) is 4.88 Å². The quantitative estimate of drug-likeness (QED) is 0.865. The van der Waals surface area contributed by atoms with E-state index in [1.807, 2.05) is 20.9 Å². The summed E-state index contributed by atoms with van der Waals surface area (Å²) < 4.78 is 1.77. The average Bonchev–Trinajstić information content (AvgIpc) is 2.74. The Morgan fingerprint density at radius 3 is 2.62 bits per heavy atom. The minimum Gasteiger partial charge on any atom is -0.477 e. The zero-order chi connectivity index (χ0) is 11.9. The number of aryl methyl sites for hydroxylation is 2. The monoisotopic (exact) mass is 237 g/mol. The van der Waals surface area contributed by atoms with Crippen LogP contribution < -0.4 is 0 Å². The molecule has 0 radical (unpaired) electrons. The first-order valence-electron chi connectivity index (χ1n) is 4.70. The van der Waals surface area contributed by atoms with Gasteiger partial charge in [0.05, 0.1) is 17.5 Å². The molecule has 0 aromatic carbocycles. The second kappa shape index (κ2) is 3.71. The molecule has 5 nitrogen and oxygen atoms in total. The predicted octanol–water partition coefficient (Wildman–Crippen LogP) is 1.86. The van der Waals surface area contributed by atoms with Gasteiger partial charge in [-0.3, -0.25) is 4.68 Å². The summed E-state index contributed by atoms with van der Waals surface area (Å²) >= 11 is 1.17. The van der Waals surface area contributed by atoms with Crippen molar-refractivity contribution in [3.05, 3.63) is 22.5 Å². The third kappa shape index (κ3) is 1.61. The van der Waals surface area contributed by atoms with Crippen LogP contribution in [0.4, 0.5) is 0 Å². The SMILES string of the molecule is Cc1nn(C)c(C)c1-c1ncc(C(=O)O)s1. The number of carboxylic acids is 1. The first-order chi connectivity index (χ1) is 7.50. The topological polar surface area (TPSA) is 68.0 Å². The minimum absolute atomic E-state index is 0.248. The molecule has 0 amide bonds. The van der Waals surface area contributed by atoms with E-state index in [4.69, 9.17) is 5.11 Å². The fourth-order valence-electron chi connectivity index (χ4n) is 1.57. The highest BCUT2D eigenvalue weighted by molar-refractivity contribution is 7.16. The fraction of sp³-hybridized carbons (Fsp3) is 0.300. The van der Waals surface area contributed by atoms with Crippen molar-refractivity contribution in [2.24, 2.45) is 7.05 Å². The van der Waals surface area contributed by atoms with Crippen LogP contribution in [0.1, 0.15) is 21.1 Å². The zero-order valence-corrected chi connectivity index (χ0v) is 10.00. The zero-order valence-electron chi connectivity index (χ0n) is 9.18. The molecule has 6 heteroatoms. The van der Waals surface area contributed by atoms with Crippen LogP contribution in [0.5, 0.6) is 0 Å². The van der Waals surface area contributed by atoms with Crippen molar-refractivity contribution in [3.8, 4) is 10.6 Å². The Hall–Kier alpha value is -1.69. The normalized spacial score (nSPS) is 10.7. The standard InChI is InChI=1S/C10H11N3O2S/c1-5-8(6(2)13(3)12-5)9-11-4-7(16-9)10(14)15/h4H,1-3H3,(H,14,15). The fourth-order valence-corrected chi connectivity index (χ4v) is 2.48. The van der Waals surface area contributed by atoms with E-state index in [2.05, 4.69) is 10.1 Å². The first-order valence-corrected chi connectivity index (χ1v) is 5.52. The molecule has 16 heavy (non-hydrogen) atoms. The molecule has 0 spiro atoms. The van der Waals surface area contributed by atoms with Crippen molar-refractivity contribution >= 4 is 17.3 Å². The van der Waals surface area contributed by atoms with E-state index in [1.165, 1.54) is 17.5 Å². The molecule has 2 rings (SSSR count). The van der Waals surface area contributed by atoms with Gasteiger partial charge < -0.3 is 5.11 Å². The largest absolute Gasteiger partial charge is 0.477 e. The summed E-state index contributed by atoms with van der Waals surface area (Å²) in [6.07, 6.45) is 1.38. The molecule has 0 bridgehead atoms. The van der Waals surface area contributed by atoms with Crippen LogP contribution in [-0.2, 0) is 7.05 Å². The Kier molecular flexibility index (Phi) is 2.51. The molecular formula is C10H11N3O2S. The molecule has 0 fully saturated rings. The van der Waals surface area contributed by atoms with Gasteiger partial charge in [0.15, 0.2) is 0 Å². The summed E-state index contributed by atoms with van der Waals surface area (Å²) in [7, 11) is 1.86. The van der Waals surface area contributed by atoms with E-state index in [9.17, 15) is 4.79 Å². The number of aromatic carboxylic acids is 1. The number of hydrogen-bond acceptors (Lipinski definition) is 4. The van der Waals surface area contributed by atoms with E-state index >= 15 is 0 Å². The maximum atomic E-state index is 10.8. The van der Waals surface area contributed by atoms with Gasteiger partial charge in [0.2, 0.25) is 0 Å². The van der Waals surface area contributed by atoms with Crippen molar-refractivity contribution in [1.29, 1.82) is 0 Å². The van der Waals surface area contributed by atoms with Crippen molar-refractivity contribution in [2.45, 2.75) is 13.8 Å². The Morgan fingerprint density at radius 1 is 1.50 bits per heavy atom. The summed E-state index contributed by atoms with van der Waals surface area (Å²) in [6.45, 7) is 3.83. The van der Waals surface area contributed by atoms with Gasteiger partial charge in [-0.1, -0.05) is 0 Å². The van der Waals surface area contributed by atoms with E-state index < -0.39 is 5.97 Å². The van der Waals surface area contributed by atoms with Gasteiger partial charge in [-0.15, -0.1) is 11.3 Å². The van der Waals surface area contributed by atoms with E-state index in [0.29, 0.717) is 5.01 Å². The van der Waals surface area contributed by atoms with Gasteiger partial charge in [0.1, 0.15) is 9.88 Å². The Labute approximate surface area is 96.4 Å². The molecule has 2 aromatic heterocycles.